The summed E-state index contributed by atoms with van der Waals surface area (Å²) in [6, 6.07) is 6.71. The molecule has 0 radical (unpaired) electrons. The number of nitriles is 1. The molecule has 0 N–H and O–H groups in total. The summed E-state index contributed by atoms with van der Waals surface area (Å²) >= 11 is 0. The van der Waals surface area contributed by atoms with E-state index >= 15 is 0 Å². The first kappa shape index (κ1) is 11.9. The van der Waals surface area contributed by atoms with Crippen molar-refractivity contribution < 1.29 is 0 Å². The molecule has 1 aliphatic rings. The third-order valence-corrected chi connectivity index (χ3v) is 3.43. The second kappa shape index (κ2) is 5.15. The summed E-state index contributed by atoms with van der Waals surface area (Å²) in [7, 11) is 4.26. The summed E-state index contributed by atoms with van der Waals surface area (Å²) in [5, 5.41) is 9.04. The fraction of sp³-hybridized carbons (Fsp3) is 0.538. The minimum Gasteiger partial charge on any atom is -0.369 e. The van der Waals surface area contributed by atoms with Crippen LogP contribution in [-0.4, -0.2) is 43.1 Å². The Balaban J connectivity index is 2.08. The third-order valence-electron chi connectivity index (χ3n) is 3.43. The van der Waals surface area contributed by atoms with Gasteiger partial charge in [0.2, 0.25) is 0 Å². The van der Waals surface area contributed by atoms with Gasteiger partial charge in [-0.2, -0.15) is 5.26 Å². The topological polar surface area (TPSA) is 43.2 Å². The van der Waals surface area contributed by atoms with Crippen LogP contribution in [0, 0.1) is 11.3 Å². The minimum absolute atomic E-state index is 0.538. The Bertz CT molecular complexity index is 414. The van der Waals surface area contributed by atoms with E-state index in [0.717, 1.165) is 31.6 Å². The molecule has 0 unspecified atom stereocenters. The highest BCUT2D eigenvalue weighted by Gasteiger charge is 2.22. The highest BCUT2D eigenvalue weighted by molar-refractivity contribution is 5.55. The van der Waals surface area contributed by atoms with Crippen LogP contribution in [0.25, 0.3) is 0 Å². The predicted molar refractivity (Wildman–Crippen MR) is 67.9 cm³/mol. The second-order valence-electron chi connectivity index (χ2n) is 4.66. The molecule has 0 saturated carbocycles. The Kier molecular flexibility index (Phi) is 3.60. The van der Waals surface area contributed by atoms with Gasteiger partial charge >= 0.3 is 0 Å². The number of aromatic nitrogens is 1. The van der Waals surface area contributed by atoms with Crippen molar-refractivity contribution in [3.8, 4) is 6.07 Å². The van der Waals surface area contributed by atoms with Crippen molar-refractivity contribution >= 4 is 5.69 Å². The zero-order valence-corrected chi connectivity index (χ0v) is 10.4. The van der Waals surface area contributed by atoms with Crippen molar-refractivity contribution in [3.63, 3.8) is 0 Å². The molecule has 17 heavy (non-hydrogen) atoms. The van der Waals surface area contributed by atoms with Crippen LogP contribution in [0.5, 0.6) is 0 Å². The molecule has 0 aliphatic carbocycles. The summed E-state index contributed by atoms with van der Waals surface area (Å²) < 4.78 is 0. The maximum absolute atomic E-state index is 9.04. The fourth-order valence-electron chi connectivity index (χ4n) is 2.36. The van der Waals surface area contributed by atoms with E-state index in [1.54, 1.807) is 6.20 Å². The van der Waals surface area contributed by atoms with Crippen LogP contribution in [0.15, 0.2) is 18.3 Å². The van der Waals surface area contributed by atoms with E-state index in [9.17, 15) is 0 Å². The normalized spacial score (nSPS) is 17.2. The lowest BCUT2D eigenvalue weighted by Crippen LogP contribution is -2.42. The number of piperidine rings is 1. The number of anilines is 1. The number of pyridine rings is 1. The highest BCUT2D eigenvalue weighted by Crippen LogP contribution is 2.23. The molecule has 1 saturated heterocycles. The van der Waals surface area contributed by atoms with Crippen molar-refractivity contribution in [1.82, 2.24) is 9.88 Å². The molecule has 0 bridgehead atoms. The zero-order valence-electron chi connectivity index (χ0n) is 10.4. The Morgan fingerprint density at radius 3 is 2.71 bits per heavy atom. The lowest BCUT2D eigenvalue weighted by atomic mass is 10.0. The van der Waals surface area contributed by atoms with E-state index in [1.807, 2.05) is 12.1 Å². The maximum Gasteiger partial charge on any atom is 0.163 e. The van der Waals surface area contributed by atoms with Gasteiger partial charge in [0, 0.05) is 25.3 Å². The first-order valence-corrected chi connectivity index (χ1v) is 5.99. The number of hydrogen-bond donors (Lipinski definition) is 0. The van der Waals surface area contributed by atoms with Gasteiger partial charge < -0.3 is 9.80 Å². The molecule has 0 spiro atoms. The van der Waals surface area contributed by atoms with Gasteiger partial charge in [0.25, 0.3) is 0 Å². The fourth-order valence-corrected chi connectivity index (χ4v) is 2.36. The van der Waals surface area contributed by atoms with E-state index < -0.39 is 0 Å². The third kappa shape index (κ3) is 2.56. The molecule has 1 aliphatic heterocycles. The summed E-state index contributed by atoms with van der Waals surface area (Å²) in [6.07, 6.45) is 3.97. The Hall–Kier alpha value is -1.60. The molecule has 1 fully saturated rings. The van der Waals surface area contributed by atoms with E-state index in [4.69, 9.17) is 5.26 Å². The van der Waals surface area contributed by atoms with Gasteiger partial charge in [0.1, 0.15) is 6.07 Å². The Labute approximate surface area is 102 Å². The Morgan fingerprint density at radius 2 is 2.12 bits per heavy atom. The van der Waals surface area contributed by atoms with Gasteiger partial charge in [0.05, 0.1) is 5.69 Å². The maximum atomic E-state index is 9.04. The van der Waals surface area contributed by atoms with Crippen LogP contribution in [0.2, 0.25) is 0 Å². The van der Waals surface area contributed by atoms with Gasteiger partial charge in [-0.3, -0.25) is 0 Å². The monoisotopic (exact) mass is 230 g/mol. The summed E-state index contributed by atoms with van der Waals surface area (Å²) in [5.74, 6) is 0. The molecule has 4 heteroatoms. The lowest BCUT2D eigenvalue weighted by molar-refractivity contribution is 0.249. The number of rotatable bonds is 2. The van der Waals surface area contributed by atoms with Crippen LogP contribution < -0.4 is 4.90 Å². The van der Waals surface area contributed by atoms with Crippen LogP contribution >= 0.6 is 0 Å². The van der Waals surface area contributed by atoms with Gasteiger partial charge in [0.15, 0.2) is 5.69 Å². The lowest BCUT2D eigenvalue weighted by Gasteiger charge is -2.36. The summed E-state index contributed by atoms with van der Waals surface area (Å²) in [5.41, 5.74) is 1.52. The largest absolute Gasteiger partial charge is 0.369 e. The molecule has 1 aromatic heterocycles. The van der Waals surface area contributed by atoms with E-state index in [1.165, 1.54) is 0 Å². The standard InChI is InChI=1S/C13H18N4/c1-16(2)11-5-8-17(9-6-11)13-4-3-7-15-12(13)10-14/h3-4,7,11H,5-6,8-9H2,1-2H3. The van der Waals surface area contributed by atoms with E-state index in [0.29, 0.717) is 11.7 Å². The van der Waals surface area contributed by atoms with Crippen molar-refractivity contribution in [2.24, 2.45) is 0 Å². The zero-order chi connectivity index (χ0) is 12.3. The SMILES string of the molecule is CN(C)C1CCN(c2cccnc2C#N)CC1. The molecular formula is C13H18N4. The van der Waals surface area contributed by atoms with Crippen molar-refractivity contribution in [2.75, 3.05) is 32.1 Å². The minimum atomic E-state index is 0.538. The molecule has 2 heterocycles. The van der Waals surface area contributed by atoms with Crippen LogP contribution in [0.3, 0.4) is 0 Å². The predicted octanol–water partition coefficient (Wildman–Crippen LogP) is 1.48. The Morgan fingerprint density at radius 1 is 1.41 bits per heavy atom. The average Bonchev–Trinajstić information content (AvgIpc) is 2.39. The quantitative estimate of drug-likeness (QED) is 0.772. The molecule has 4 nitrogen and oxygen atoms in total. The van der Waals surface area contributed by atoms with E-state index in [2.05, 4.69) is 34.9 Å². The number of hydrogen-bond acceptors (Lipinski definition) is 4. The summed E-state index contributed by atoms with van der Waals surface area (Å²) in [6.45, 7) is 2.01. The molecular weight excluding hydrogens is 212 g/mol. The van der Waals surface area contributed by atoms with Crippen LogP contribution in [0.4, 0.5) is 5.69 Å². The van der Waals surface area contributed by atoms with E-state index in [-0.39, 0.29) is 0 Å². The van der Waals surface area contributed by atoms with Gasteiger partial charge in [-0.1, -0.05) is 0 Å². The number of nitrogens with zero attached hydrogens (tertiary/aromatic N) is 4. The average molecular weight is 230 g/mol. The molecule has 1 aromatic rings. The first-order chi connectivity index (χ1) is 8.22. The van der Waals surface area contributed by atoms with Crippen molar-refractivity contribution in [3.05, 3.63) is 24.0 Å². The van der Waals surface area contributed by atoms with Gasteiger partial charge in [-0.05, 0) is 39.1 Å². The van der Waals surface area contributed by atoms with Crippen LogP contribution in [0.1, 0.15) is 18.5 Å². The second-order valence-corrected chi connectivity index (χ2v) is 4.66. The molecule has 0 atom stereocenters. The molecule has 0 aromatic carbocycles. The van der Waals surface area contributed by atoms with Crippen molar-refractivity contribution in [1.29, 1.82) is 5.26 Å². The molecule has 2 rings (SSSR count). The molecule has 0 amide bonds. The highest BCUT2D eigenvalue weighted by atomic mass is 15.2. The van der Waals surface area contributed by atoms with Crippen molar-refractivity contribution in [2.45, 2.75) is 18.9 Å². The van der Waals surface area contributed by atoms with Crippen LogP contribution in [-0.2, 0) is 0 Å². The van der Waals surface area contributed by atoms with Gasteiger partial charge in [-0.15, -0.1) is 0 Å². The smallest absolute Gasteiger partial charge is 0.163 e. The first-order valence-electron chi connectivity index (χ1n) is 5.99. The van der Waals surface area contributed by atoms with Gasteiger partial charge in [-0.25, -0.2) is 4.98 Å². The summed E-state index contributed by atoms with van der Waals surface area (Å²) in [4.78, 5) is 8.67. The molecule has 90 valence electrons.